The Labute approximate surface area is 226 Å². The zero-order chi connectivity index (χ0) is 27.0. The first-order chi connectivity index (χ1) is 18.2. The van der Waals surface area contributed by atoms with E-state index in [9.17, 15) is 14.0 Å². The molecule has 0 unspecified atom stereocenters. The molecule has 0 aliphatic heterocycles. The van der Waals surface area contributed by atoms with Gasteiger partial charge < -0.3 is 9.88 Å². The molecule has 7 nitrogen and oxygen atoms in total. The van der Waals surface area contributed by atoms with Gasteiger partial charge in [0.25, 0.3) is 5.56 Å². The third-order valence-corrected chi connectivity index (χ3v) is 6.85. The molecule has 0 saturated carbocycles. The maximum atomic E-state index is 13.4. The lowest BCUT2D eigenvalue weighted by Gasteiger charge is -2.12. The fourth-order valence-corrected chi connectivity index (χ4v) is 4.83. The second kappa shape index (κ2) is 10.3. The summed E-state index contributed by atoms with van der Waals surface area (Å²) in [6.07, 6.45) is 1.66. The van der Waals surface area contributed by atoms with Crippen molar-refractivity contribution in [1.82, 2.24) is 14.2 Å². The maximum absolute atomic E-state index is 13.4. The molecule has 38 heavy (non-hydrogen) atoms. The summed E-state index contributed by atoms with van der Waals surface area (Å²) in [5, 5.41) is 8.79. The van der Waals surface area contributed by atoms with Crippen LogP contribution in [-0.4, -0.2) is 26.3 Å². The molecule has 2 aromatic heterocycles. The second-order valence-corrected chi connectivity index (χ2v) is 10.2. The SMILES string of the molecule is Cc1c(C=Nn2c(C(C)C)nc3ccc(Br)cc3c2=O)c2ccccc2n1CC(=O)Nc1ccc(F)cc1. The summed E-state index contributed by atoms with van der Waals surface area (Å²) in [6.45, 7) is 5.90. The monoisotopic (exact) mass is 573 g/mol. The van der Waals surface area contributed by atoms with E-state index < -0.39 is 0 Å². The van der Waals surface area contributed by atoms with E-state index in [1.165, 1.54) is 28.9 Å². The van der Waals surface area contributed by atoms with Crippen LogP contribution in [0, 0.1) is 12.7 Å². The lowest BCUT2D eigenvalue weighted by atomic mass is 10.1. The van der Waals surface area contributed by atoms with Crippen LogP contribution in [0.15, 0.2) is 81.1 Å². The van der Waals surface area contributed by atoms with E-state index in [0.29, 0.717) is 22.4 Å². The molecule has 3 aromatic carbocycles. The number of hydrogen-bond donors (Lipinski definition) is 1. The number of rotatable bonds is 6. The molecule has 5 rings (SSSR count). The van der Waals surface area contributed by atoms with Crippen LogP contribution in [0.2, 0.25) is 0 Å². The van der Waals surface area contributed by atoms with Gasteiger partial charge in [-0.2, -0.15) is 9.78 Å². The Morgan fingerprint density at radius 3 is 2.58 bits per heavy atom. The highest BCUT2D eigenvalue weighted by atomic mass is 79.9. The van der Waals surface area contributed by atoms with Crippen molar-refractivity contribution in [2.75, 3.05) is 5.32 Å². The number of fused-ring (bicyclic) bond motifs is 2. The van der Waals surface area contributed by atoms with Crippen molar-refractivity contribution >= 4 is 55.5 Å². The second-order valence-electron chi connectivity index (χ2n) is 9.31. The van der Waals surface area contributed by atoms with Crippen LogP contribution in [0.4, 0.5) is 10.1 Å². The van der Waals surface area contributed by atoms with Gasteiger partial charge in [-0.1, -0.05) is 48.0 Å². The summed E-state index contributed by atoms with van der Waals surface area (Å²) < 4.78 is 17.3. The van der Waals surface area contributed by atoms with E-state index >= 15 is 0 Å². The first kappa shape index (κ1) is 25.5. The van der Waals surface area contributed by atoms with Crippen molar-refractivity contribution in [2.24, 2.45) is 5.10 Å². The molecule has 0 aliphatic rings. The fourth-order valence-electron chi connectivity index (χ4n) is 4.47. The van der Waals surface area contributed by atoms with Crippen LogP contribution in [0.3, 0.4) is 0 Å². The number of aromatic nitrogens is 3. The number of para-hydroxylation sites is 1. The molecule has 2 heterocycles. The predicted molar refractivity (Wildman–Crippen MR) is 152 cm³/mol. The molecular weight excluding hydrogens is 549 g/mol. The third kappa shape index (κ3) is 4.89. The number of nitrogens with one attached hydrogen (secondary N) is 1. The molecule has 0 aliphatic carbocycles. The minimum atomic E-state index is -0.367. The normalized spacial score (nSPS) is 11.7. The lowest BCUT2D eigenvalue weighted by Crippen LogP contribution is -2.23. The Hall–Kier alpha value is -4.11. The van der Waals surface area contributed by atoms with Crippen LogP contribution < -0.4 is 10.9 Å². The van der Waals surface area contributed by atoms with Gasteiger partial charge in [0, 0.05) is 38.2 Å². The largest absolute Gasteiger partial charge is 0.335 e. The Morgan fingerprint density at radius 1 is 1.11 bits per heavy atom. The number of benzene rings is 3. The molecule has 1 amide bonds. The highest BCUT2D eigenvalue weighted by Crippen LogP contribution is 2.25. The van der Waals surface area contributed by atoms with E-state index in [-0.39, 0.29) is 29.7 Å². The Bertz CT molecular complexity index is 1770. The molecular formula is C29H25BrFN5O2. The summed E-state index contributed by atoms with van der Waals surface area (Å²) in [5.74, 6) is -0.0913. The topological polar surface area (TPSA) is 81.3 Å². The maximum Gasteiger partial charge on any atom is 0.282 e. The fraction of sp³-hybridized carbons (Fsp3) is 0.172. The van der Waals surface area contributed by atoms with Crippen molar-refractivity contribution in [1.29, 1.82) is 0 Å². The van der Waals surface area contributed by atoms with Gasteiger partial charge in [-0.25, -0.2) is 9.37 Å². The molecule has 0 atom stereocenters. The number of amides is 1. The first-order valence-corrected chi connectivity index (χ1v) is 12.9. The quantitative estimate of drug-likeness (QED) is 0.245. The molecule has 9 heteroatoms. The average Bonchev–Trinajstić information content (AvgIpc) is 3.15. The molecule has 0 spiro atoms. The molecule has 0 fully saturated rings. The van der Waals surface area contributed by atoms with Crippen LogP contribution in [0.25, 0.3) is 21.8 Å². The lowest BCUT2D eigenvalue weighted by molar-refractivity contribution is -0.116. The van der Waals surface area contributed by atoms with Gasteiger partial charge in [-0.05, 0) is 55.5 Å². The van der Waals surface area contributed by atoms with Crippen molar-refractivity contribution in [3.63, 3.8) is 0 Å². The zero-order valence-electron chi connectivity index (χ0n) is 21.1. The van der Waals surface area contributed by atoms with Gasteiger partial charge in [0.2, 0.25) is 5.91 Å². The molecule has 0 radical (unpaired) electrons. The third-order valence-electron chi connectivity index (χ3n) is 6.36. The van der Waals surface area contributed by atoms with Gasteiger partial charge >= 0.3 is 0 Å². The smallest absolute Gasteiger partial charge is 0.282 e. The Balaban J connectivity index is 1.56. The number of carbonyl (C=O) groups excluding carboxylic acids is 1. The summed E-state index contributed by atoms with van der Waals surface area (Å²) in [4.78, 5) is 31.0. The van der Waals surface area contributed by atoms with Gasteiger partial charge in [-0.15, -0.1) is 0 Å². The molecule has 5 aromatic rings. The molecule has 192 valence electrons. The van der Waals surface area contributed by atoms with Crippen molar-refractivity contribution < 1.29 is 9.18 Å². The van der Waals surface area contributed by atoms with Gasteiger partial charge in [0.1, 0.15) is 18.2 Å². The minimum absolute atomic E-state index is 0.0366. The van der Waals surface area contributed by atoms with Gasteiger partial charge in [0.15, 0.2) is 0 Å². The summed E-state index contributed by atoms with van der Waals surface area (Å²) >= 11 is 3.43. The number of carbonyl (C=O) groups is 1. The average molecular weight is 574 g/mol. The van der Waals surface area contributed by atoms with E-state index in [2.05, 4.69) is 26.3 Å². The highest BCUT2D eigenvalue weighted by molar-refractivity contribution is 9.10. The van der Waals surface area contributed by atoms with Gasteiger partial charge in [-0.3, -0.25) is 9.59 Å². The number of hydrogen-bond acceptors (Lipinski definition) is 4. The first-order valence-electron chi connectivity index (χ1n) is 12.1. The van der Waals surface area contributed by atoms with E-state index in [1.54, 1.807) is 12.3 Å². The molecule has 0 bridgehead atoms. The Kier molecular flexibility index (Phi) is 6.94. The molecule has 0 saturated heterocycles. The van der Waals surface area contributed by atoms with Gasteiger partial charge in [0.05, 0.1) is 17.1 Å². The Morgan fingerprint density at radius 2 is 1.84 bits per heavy atom. The van der Waals surface area contributed by atoms with Crippen LogP contribution in [-0.2, 0) is 11.3 Å². The number of anilines is 1. The zero-order valence-corrected chi connectivity index (χ0v) is 22.7. The highest BCUT2D eigenvalue weighted by Gasteiger charge is 2.17. The van der Waals surface area contributed by atoms with E-state index in [0.717, 1.165) is 26.6 Å². The summed E-state index contributed by atoms with van der Waals surface area (Å²) in [5.41, 5.74) is 3.36. The van der Waals surface area contributed by atoms with Crippen LogP contribution in [0.5, 0.6) is 0 Å². The van der Waals surface area contributed by atoms with E-state index in [1.807, 2.05) is 61.7 Å². The summed E-state index contributed by atoms with van der Waals surface area (Å²) in [7, 11) is 0. The minimum Gasteiger partial charge on any atom is -0.335 e. The van der Waals surface area contributed by atoms with Crippen molar-refractivity contribution in [2.45, 2.75) is 33.2 Å². The summed E-state index contributed by atoms with van der Waals surface area (Å²) in [6, 6.07) is 18.8. The van der Waals surface area contributed by atoms with Crippen molar-refractivity contribution in [3.8, 4) is 0 Å². The number of halogens is 2. The van der Waals surface area contributed by atoms with Crippen LogP contribution >= 0.6 is 15.9 Å². The predicted octanol–water partition coefficient (Wildman–Crippen LogP) is 6.21. The standard InChI is InChI=1S/C29H25BrFN5O2/c1-17(2)28-34-25-13-8-19(30)14-23(25)29(38)36(28)32-15-24-18(3)35(26-7-5-4-6-22(24)26)16-27(37)33-21-11-9-20(31)10-12-21/h4-15,17H,16H2,1-3H3,(H,33,37). The van der Waals surface area contributed by atoms with Crippen LogP contribution in [0.1, 0.15) is 36.8 Å². The van der Waals surface area contributed by atoms with E-state index in [4.69, 9.17) is 4.98 Å². The number of nitrogens with zero attached hydrogens (tertiary/aromatic N) is 4. The van der Waals surface area contributed by atoms with Crippen molar-refractivity contribution in [3.05, 3.63) is 104 Å². The molecule has 1 N–H and O–H groups in total.